The Morgan fingerprint density at radius 2 is 2.04 bits per heavy atom. The van der Waals surface area contributed by atoms with E-state index in [0.29, 0.717) is 10.7 Å². The number of thiazole rings is 1. The summed E-state index contributed by atoms with van der Waals surface area (Å²) in [6.45, 7) is 1.13. The van der Waals surface area contributed by atoms with Crippen LogP contribution in [0.4, 0.5) is 0 Å². The summed E-state index contributed by atoms with van der Waals surface area (Å²) in [5, 5.41) is 1.72. The van der Waals surface area contributed by atoms with Crippen molar-refractivity contribution in [1.29, 1.82) is 0 Å². The molecule has 0 aliphatic carbocycles. The molecule has 0 radical (unpaired) electrons. The van der Waals surface area contributed by atoms with Gasteiger partial charge in [0.2, 0.25) is 10.0 Å². The fourth-order valence-electron chi connectivity index (χ4n) is 2.34. The Hall–Kier alpha value is -2.76. The summed E-state index contributed by atoms with van der Waals surface area (Å²) in [5.74, 6) is -0.275. The monoisotopic (exact) mass is 423 g/mol. The molecule has 1 aromatic carbocycles. The quantitative estimate of drug-likeness (QED) is 0.567. The number of sulfonamides is 1. The number of carbonyl (C=O) groups excluding carboxylic acids is 1. The van der Waals surface area contributed by atoms with Crippen LogP contribution in [0.3, 0.4) is 0 Å². The van der Waals surface area contributed by atoms with Gasteiger partial charge in [0.25, 0.3) is 5.56 Å². The Morgan fingerprint density at radius 1 is 1.32 bits per heavy atom. The van der Waals surface area contributed by atoms with Crippen molar-refractivity contribution in [3.63, 3.8) is 0 Å². The molecule has 1 N–H and O–H groups in total. The summed E-state index contributed by atoms with van der Waals surface area (Å²) in [4.78, 5) is 28.8. The lowest BCUT2D eigenvalue weighted by molar-refractivity contribution is -0.146. The fraction of sp³-hybridized carbons (Fsp3) is 0.235. The predicted octanol–water partition coefficient (Wildman–Crippen LogP) is 1.17. The first-order chi connectivity index (χ1) is 13.3. The van der Waals surface area contributed by atoms with Crippen LogP contribution in [-0.2, 0) is 26.2 Å². The highest BCUT2D eigenvalue weighted by Crippen LogP contribution is 2.16. The summed E-state index contributed by atoms with van der Waals surface area (Å²) < 4.78 is 38.5. The Balaban J connectivity index is 1.63. The minimum absolute atomic E-state index is 0.00853. The molecule has 2 heterocycles. The zero-order chi connectivity index (χ0) is 20.3. The number of fused-ring (bicyclic) bond motifs is 1. The Kier molecular flexibility index (Phi) is 5.77. The average Bonchev–Trinajstić information content (AvgIpc) is 3.15. The number of rotatable bonds is 7. The van der Waals surface area contributed by atoms with Gasteiger partial charge in [-0.05, 0) is 31.2 Å². The van der Waals surface area contributed by atoms with Gasteiger partial charge < -0.3 is 9.47 Å². The van der Waals surface area contributed by atoms with Gasteiger partial charge in [-0.25, -0.2) is 13.4 Å². The van der Waals surface area contributed by atoms with E-state index in [1.807, 2.05) is 0 Å². The minimum atomic E-state index is -3.91. The van der Waals surface area contributed by atoms with Crippen LogP contribution in [0.25, 0.3) is 4.96 Å². The summed E-state index contributed by atoms with van der Waals surface area (Å²) >= 11 is 1.28. The second-order valence-corrected chi connectivity index (χ2v) is 8.35. The van der Waals surface area contributed by atoms with Crippen molar-refractivity contribution in [2.45, 2.75) is 24.5 Å². The van der Waals surface area contributed by atoms with Crippen molar-refractivity contribution in [3.05, 3.63) is 58.0 Å². The molecule has 0 aliphatic rings. The van der Waals surface area contributed by atoms with E-state index in [2.05, 4.69) is 9.71 Å². The van der Waals surface area contributed by atoms with Gasteiger partial charge in [0.1, 0.15) is 18.4 Å². The molecule has 28 heavy (non-hydrogen) atoms. The lowest BCUT2D eigenvalue weighted by Gasteiger charge is -2.14. The van der Waals surface area contributed by atoms with Gasteiger partial charge in [0, 0.05) is 17.6 Å². The molecule has 148 valence electrons. The van der Waals surface area contributed by atoms with Crippen LogP contribution in [0.1, 0.15) is 12.6 Å². The molecule has 0 bridgehead atoms. The molecule has 0 amide bonds. The number of nitrogens with one attached hydrogen (secondary N) is 1. The number of hydrogen-bond donors (Lipinski definition) is 1. The smallest absolute Gasteiger partial charge is 0.324 e. The first-order valence-corrected chi connectivity index (χ1v) is 10.5. The summed E-state index contributed by atoms with van der Waals surface area (Å²) in [5.41, 5.74) is -0.00318. The lowest BCUT2D eigenvalue weighted by atomic mass is 10.3. The molecule has 1 atom stereocenters. The summed E-state index contributed by atoms with van der Waals surface area (Å²) in [6.07, 6.45) is 1.60. The van der Waals surface area contributed by atoms with Gasteiger partial charge in [-0.2, -0.15) is 4.72 Å². The highest BCUT2D eigenvalue weighted by atomic mass is 32.2. The van der Waals surface area contributed by atoms with Gasteiger partial charge in [-0.15, -0.1) is 11.3 Å². The average molecular weight is 423 g/mol. The maximum atomic E-state index is 12.4. The summed E-state index contributed by atoms with van der Waals surface area (Å²) in [6, 6.07) is 5.88. The molecular formula is C17H17N3O6S2. The molecule has 0 saturated carbocycles. The van der Waals surface area contributed by atoms with Crippen LogP contribution in [0.5, 0.6) is 5.75 Å². The molecule has 0 aliphatic heterocycles. The third-order valence-corrected chi connectivity index (χ3v) is 6.09. The van der Waals surface area contributed by atoms with Crippen LogP contribution >= 0.6 is 11.3 Å². The van der Waals surface area contributed by atoms with E-state index in [1.54, 1.807) is 11.6 Å². The number of hydrogen-bond acceptors (Lipinski definition) is 8. The molecule has 0 unspecified atom stereocenters. The first-order valence-electron chi connectivity index (χ1n) is 8.09. The Bertz CT molecular complexity index is 1150. The zero-order valence-electron chi connectivity index (χ0n) is 15.0. The molecule has 0 spiro atoms. The first kappa shape index (κ1) is 20.0. The van der Waals surface area contributed by atoms with Crippen LogP contribution in [0.15, 0.2) is 51.6 Å². The van der Waals surface area contributed by atoms with Crippen LogP contribution in [-0.4, -0.2) is 36.9 Å². The van der Waals surface area contributed by atoms with Crippen molar-refractivity contribution >= 4 is 32.3 Å². The van der Waals surface area contributed by atoms with Gasteiger partial charge in [-0.1, -0.05) is 0 Å². The highest BCUT2D eigenvalue weighted by molar-refractivity contribution is 7.89. The maximum absolute atomic E-state index is 12.4. The number of aromatic nitrogens is 2. The minimum Gasteiger partial charge on any atom is -0.497 e. The molecule has 11 heteroatoms. The van der Waals surface area contributed by atoms with Crippen LogP contribution in [0, 0.1) is 0 Å². The van der Waals surface area contributed by atoms with Crippen LogP contribution < -0.4 is 15.0 Å². The van der Waals surface area contributed by atoms with Crippen molar-refractivity contribution in [2.75, 3.05) is 7.11 Å². The van der Waals surface area contributed by atoms with Crippen molar-refractivity contribution in [1.82, 2.24) is 14.1 Å². The van der Waals surface area contributed by atoms with Crippen LogP contribution in [0.2, 0.25) is 0 Å². The van der Waals surface area contributed by atoms with Crippen molar-refractivity contribution in [3.8, 4) is 5.75 Å². The van der Waals surface area contributed by atoms with E-state index < -0.39 is 22.0 Å². The highest BCUT2D eigenvalue weighted by Gasteiger charge is 2.23. The number of esters is 1. The molecule has 2 aromatic heterocycles. The maximum Gasteiger partial charge on any atom is 0.324 e. The van der Waals surface area contributed by atoms with E-state index in [0.717, 1.165) is 0 Å². The van der Waals surface area contributed by atoms with E-state index in [4.69, 9.17) is 9.47 Å². The Morgan fingerprint density at radius 3 is 2.71 bits per heavy atom. The Labute approximate surface area is 164 Å². The third-order valence-electron chi connectivity index (χ3n) is 3.77. The molecular weight excluding hydrogens is 406 g/mol. The van der Waals surface area contributed by atoms with Gasteiger partial charge >= 0.3 is 5.97 Å². The standard InChI is InChI=1S/C17H17N3O6S2/c1-11(19-28(23,24)14-5-3-13(25-2)4-6-14)16(22)26-10-12-9-15(21)20-7-8-27-17(20)18-12/h3-9,11,19H,10H2,1-2H3/t11-/m0/s1. The van der Waals surface area contributed by atoms with Crippen molar-refractivity contribution in [2.24, 2.45) is 0 Å². The van der Waals surface area contributed by atoms with E-state index in [1.165, 1.54) is 60.1 Å². The number of methoxy groups -OCH3 is 1. The molecule has 9 nitrogen and oxygen atoms in total. The second-order valence-electron chi connectivity index (χ2n) is 5.77. The topological polar surface area (TPSA) is 116 Å². The second kappa shape index (κ2) is 8.09. The normalized spacial score (nSPS) is 12.6. The zero-order valence-corrected chi connectivity index (χ0v) is 16.6. The fourth-order valence-corrected chi connectivity index (χ4v) is 4.27. The molecule has 3 rings (SSSR count). The van der Waals surface area contributed by atoms with E-state index in [-0.39, 0.29) is 22.8 Å². The van der Waals surface area contributed by atoms with Crippen molar-refractivity contribution < 1.29 is 22.7 Å². The lowest BCUT2D eigenvalue weighted by Crippen LogP contribution is -2.39. The number of nitrogens with zero attached hydrogens (tertiary/aromatic N) is 2. The van der Waals surface area contributed by atoms with Gasteiger partial charge in [0.05, 0.1) is 17.7 Å². The third kappa shape index (κ3) is 4.38. The number of benzene rings is 1. The number of carbonyl (C=O) groups is 1. The number of ether oxygens (including phenoxy) is 2. The molecule has 3 aromatic rings. The summed E-state index contributed by atoms with van der Waals surface area (Å²) in [7, 11) is -2.44. The van der Waals surface area contributed by atoms with Gasteiger partial charge in [0.15, 0.2) is 4.96 Å². The SMILES string of the molecule is COc1ccc(S(=O)(=O)N[C@@H](C)C(=O)OCc2cc(=O)n3ccsc3n2)cc1. The predicted molar refractivity (Wildman–Crippen MR) is 102 cm³/mol. The van der Waals surface area contributed by atoms with Gasteiger partial charge in [-0.3, -0.25) is 14.0 Å². The van der Waals surface area contributed by atoms with E-state index >= 15 is 0 Å². The van der Waals surface area contributed by atoms with E-state index in [9.17, 15) is 18.0 Å². The largest absolute Gasteiger partial charge is 0.497 e. The molecule has 0 fully saturated rings. The molecule has 0 saturated heterocycles.